The molecule has 1 saturated carbocycles. The molecule has 26 heavy (non-hydrogen) atoms. The third-order valence-electron chi connectivity index (χ3n) is 4.19. The van der Waals surface area contributed by atoms with Gasteiger partial charge in [0.15, 0.2) is 0 Å². The fourth-order valence-corrected chi connectivity index (χ4v) is 3.34. The first-order chi connectivity index (χ1) is 12.1. The molecular formula is C18H25Cl2N3O3. The lowest BCUT2D eigenvalue weighted by Crippen LogP contribution is -2.57. The number of ether oxygens (including phenoxy) is 1. The van der Waals surface area contributed by atoms with Crippen LogP contribution < -0.4 is 10.6 Å². The Bertz CT molecular complexity index is 668. The van der Waals surface area contributed by atoms with Crippen molar-refractivity contribution < 1.29 is 14.3 Å². The van der Waals surface area contributed by atoms with Gasteiger partial charge in [-0.2, -0.15) is 0 Å². The van der Waals surface area contributed by atoms with Crippen LogP contribution >= 0.6 is 23.2 Å². The van der Waals surface area contributed by atoms with E-state index in [9.17, 15) is 9.59 Å². The summed E-state index contributed by atoms with van der Waals surface area (Å²) in [7, 11) is 0. The van der Waals surface area contributed by atoms with Gasteiger partial charge >= 0.3 is 6.09 Å². The number of aromatic nitrogens is 1. The van der Waals surface area contributed by atoms with Crippen LogP contribution in [0, 0.1) is 0 Å². The zero-order valence-corrected chi connectivity index (χ0v) is 16.8. The van der Waals surface area contributed by atoms with Crippen molar-refractivity contribution in [3.05, 3.63) is 28.0 Å². The summed E-state index contributed by atoms with van der Waals surface area (Å²) in [5, 5.41) is 6.22. The number of carbonyl (C=O) groups excluding carboxylic acids is 2. The van der Waals surface area contributed by atoms with E-state index in [1.54, 1.807) is 0 Å². The van der Waals surface area contributed by atoms with E-state index in [0.717, 1.165) is 32.1 Å². The number of nitrogens with one attached hydrogen (secondary N) is 2. The van der Waals surface area contributed by atoms with E-state index in [0.29, 0.717) is 0 Å². The molecule has 1 heterocycles. The highest BCUT2D eigenvalue weighted by atomic mass is 35.5. The van der Waals surface area contributed by atoms with Crippen LogP contribution in [-0.4, -0.2) is 34.7 Å². The number of rotatable bonds is 4. The molecule has 0 atom stereocenters. The molecule has 1 fully saturated rings. The first kappa shape index (κ1) is 20.8. The minimum absolute atomic E-state index is 0.0717. The van der Waals surface area contributed by atoms with E-state index in [-0.39, 0.29) is 22.4 Å². The maximum Gasteiger partial charge on any atom is 0.408 e. The van der Waals surface area contributed by atoms with E-state index in [1.807, 2.05) is 20.8 Å². The number of hydrogen-bond acceptors (Lipinski definition) is 4. The Morgan fingerprint density at radius 1 is 1.19 bits per heavy atom. The molecule has 2 amide bonds. The molecule has 0 radical (unpaired) electrons. The zero-order valence-electron chi connectivity index (χ0n) is 15.3. The number of hydrogen-bond donors (Lipinski definition) is 2. The molecule has 6 nitrogen and oxygen atoms in total. The first-order valence-corrected chi connectivity index (χ1v) is 9.47. The highest BCUT2D eigenvalue weighted by Crippen LogP contribution is 2.28. The average Bonchev–Trinajstić information content (AvgIpc) is 2.54. The summed E-state index contributed by atoms with van der Waals surface area (Å²) in [5.74, 6) is -0.423. The Labute approximate surface area is 164 Å². The summed E-state index contributed by atoms with van der Waals surface area (Å²) in [6, 6.07) is 3.05. The maximum absolute atomic E-state index is 12.5. The smallest absolute Gasteiger partial charge is 0.408 e. The van der Waals surface area contributed by atoms with Crippen molar-refractivity contribution in [3.8, 4) is 0 Å². The van der Waals surface area contributed by atoms with Crippen LogP contribution in [0.25, 0.3) is 0 Å². The standard InChI is InChI=1S/C18H25Cl2N3O3/c1-17(2,3)26-16(25)23-18(9-5-4-6-10-18)11-21-15(24)14-12(19)7-8-13(20)22-14/h7-8H,4-6,9-11H2,1-3H3,(H,21,24)(H,23,25). The highest BCUT2D eigenvalue weighted by molar-refractivity contribution is 6.34. The highest BCUT2D eigenvalue weighted by Gasteiger charge is 2.35. The third-order valence-corrected chi connectivity index (χ3v) is 4.71. The van der Waals surface area contributed by atoms with Crippen LogP contribution in [0.3, 0.4) is 0 Å². The van der Waals surface area contributed by atoms with E-state index in [2.05, 4.69) is 15.6 Å². The number of carbonyl (C=O) groups is 2. The molecular weight excluding hydrogens is 377 g/mol. The lowest BCUT2D eigenvalue weighted by atomic mass is 9.81. The molecule has 0 saturated heterocycles. The van der Waals surface area contributed by atoms with Gasteiger partial charge in [-0.05, 0) is 45.7 Å². The summed E-state index contributed by atoms with van der Waals surface area (Å²) < 4.78 is 5.38. The number of nitrogens with zero attached hydrogens (tertiary/aromatic N) is 1. The van der Waals surface area contributed by atoms with Crippen LogP contribution in [0.5, 0.6) is 0 Å². The normalized spacial score (nSPS) is 16.7. The molecule has 0 bridgehead atoms. The van der Waals surface area contributed by atoms with Crippen LogP contribution in [0.1, 0.15) is 63.4 Å². The van der Waals surface area contributed by atoms with Gasteiger partial charge in [0.05, 0.1) is 10.6 Å². The van der Waals surface area contributed by atoms with E-state index >= 15 is 0 Å². The minimum Gasteiger partial charge on any atom is -0.444 e. The second kappa shape index (κ2) is 8.44. The molecule has 0 aromatic carbocycles. The maximum atomic E-state index is 12.5. The van der Waals surface area contributed by atoms with Crippen molar-refractivity contribution in [2.24, 2.45) is 0 Å². The summed E-state index contributed by atoms with van der Waals surface area (Å²) in [6.45, 7) is 5.72. The topological polar surface area (TPSA) is 80.3 Å². The predicted molar refractivity (Wildman–Crippen MR) is 102 cm³/mol. The fourth-order valence-electron chi connectivity index (χ4n) is 3.01. The average molecular weight is 402 g/mol. The monoisotopic (exact) mass is 401 g/mol. The number of halogens is 2. The van der Waals surface area contributed by atoms with Crippen LogP contribution in [0.2, 0.25) is 10.2 Å². The molecule has 2 N–H and O–H groups in total. The van der Waals surface area contributed by atoms with Gasteiger partial charge in [-0.15, -0.1) is 0 Å². The zero-order chi connectivity index (χ0) is 19.4. The van der Waals surface area contributed by atoms with Gasteiger partial charge in [0, 0.05) is 6.54 Å². The summed E-state index contributed by atoms with van der Waals surface area (Å²) in [4.78, 5) is 28.7. The second-order valence-corrected chi connectivity index (χ2v) is 8.41. The van der Waals surface area contributed by atoms with Crippen molar-refractivity contribution in [3.63, 3.8) is 0 Å². The number of pyridine rings is 1. The fraction of sp³-hybridized carbons (Fsp3) is 0.611. The SMILES string of the molecule is CC(C)(C)OC(=O)NC1(CNC(=O)c2nc(Cl)ccc2Cl)CCCCC1. The molecule has 2 rings (SSSR count). The van der Waals surface area contributed by atoms with Crippen LogP contribution in [0.15, 0.2) is 12.1 Å². The Hall–Kier alpha value is -1.53. The molecule has 1 aliphatic rings. The molecule has 144 valence electrons. The van der Waals surface area contributed by atoms with Crippen molar-refractivity contribution in [2.45, 2.75) is 64.0 Å². The van der Waals surface area contributed by atoms with Gasteiger partial charge in [0.2, 0.25) is 0 Å². The minimum atomic E-state index is -0.582. The Morgan fingerprint density at radius 2 is 1.85 bits per heavy atom. The van der Waals surface area contributed by atoms with Gasteiger partial charge in [0.25, 0.3) is 5.91 Å². The van der Waals surface area contributed by atoms with Crippen molar-refractivity contribution in [1.29, 1.82) is 0 Å². The summed E-state index contributed by atoms with van der Waals surface area (Å²) >= 11 is 11.9. The molecule has 8 heteroatoms. The summed E-state index contributed by atoms with van der Waals surface area (Å²) in [5.41, 5.74) is -1.05. The lowest BCUT2D eigenvalue weighted by Gasteiger charge is -2.38. The lowest BCUT2D eigenvalue weighted by molar-refractivity contribution is 0.0419. The Morgan fingerprint density at radius 3 is 2.46 bits per heavy atom. The van der Waals surface area contributed by atoms with Crippen LogP contribution in [-0.2, 0) is 4.74 Å². The Balaban J connectivity index is 2.06. The summed E-state index contributed by atoms with van der Waals surface area (Å²) in [6.07, 6.45) is 4.11. The molecule has 1 aromatic heterocycles. The van der Waals surface area contributed by atoms with Crippen molar-refractivity contribution in [1.82, 2.24) is 15.6 Å². The molecule has 0 unspecified atom stereocenters. The molecule has 0 aliphatic heterocycles. The number of alkyl carbamates (subject to hydrolysis) is 1. The van der Waals surface area contributed by atoms with Gasteiger partial charge < -0.3 is 15.4 Å². The Kier molecular flexibility index (Phi) is 6.74. The van der Waals surface area contributed by atoms with Gasteiger partial charge in [-0.1, -0.05) is 42.5 Å². The second-order valence-electron chi connectivity index (χ2n) is 7.61. The number of amides is 2. The molecule has 1 aromatic rings. The van der Waals surface area contributed by atoms with Crippen molar-refractivity contribution in [2.75, 3.05) is 6.54 Å². The van der Waals surface area contributed by atoms with Gasteiger partial charge in [-0.25, -0.2) is 9.78 Å². The van der Waals surface area contributed by atoms with Crippen molar-refractivity contribution >= 4 is 35.2 Å². The van der Waals surface area contributed by atoms with E-state index in [1.165, 1.54) is 12.1 Å². The largest absolute Gasteiger partial charge is 0.444 e. The van der Waals surface area contributed by atoms with Crippen LogP contribution in [0.4, 0.5) is 4.79 Å². The third kappa shape index (κ3) is 6.02. The first-order valence-electron chi connectivity index (χ1n) is 8.72. The van der Waals surface area contributed by atoms with E-state index < -0.39 is 23.1 Å². The quantitative estimate of drug-likeness (QED) is 0.734. The predicted octanol–water partition coefficient (Wildman–Crippen LogP) is 4.35. The van der Waals surface area contributed by atoms with E-state index in [4.69, 9.17) is 27.9 Å². The van der Waals surface area contributed by atoms with Gasteiger partial charge in [-0.3, -0.25) is 4.79 Å². The molecule has 1 aliphatic carbocycles. The molecule has 0 spiro atoms. The van der Waals surface area contributed by atoms with Gasteiger partial charge in [0.1, 0.15) is 16.4 Å².